The largest absolute Gasteiger partial charge is 0.375 e. The van der Waals surface area contributed by atoms with Gasteiger partial charge in [0.2, 0.25) is 11.8 Å². The topological polar surface area (TPSA) is 65.1 Å². The summed E-state index contributed by atoms with van der Waals surface area (Å²) in [5, 5.41) is 3.00. The van der Waals surface area contributed by atoms with E-state index in [4.69, 9.17) is 4.74 Å². The SMILES string of the molecule is COCC(=O)NC[C@H]1CCN(C2CCN(C(C)=O)CC2)C[C@H]1N(C)C. The minimum atomic E-state index is -0.0426. The second-order valence-corrected chi connectivity index (χ2v) is 7.55. The first kappa shape index (κ1) is 20.1. The highest BCUT2D eigenvalue weighted by Gasteiger charge is 2.35. The Hall–Kier alpha value is -1.18. The average Bonchev–Trinajstić information content (AvgIpc) is 2.60. The molecule has 2 amide bonds. The molecular weight excluding hydrogens is 320 g/mol. The number of amides is 2. The van der Waals surface area contributed by atoms with E-state index in [0.29, 0.717) is 24.5 Å². The molecule has 2 saturated heterocycles. The number of carbonyl (C=O) groups is 2. The first-order valence-electron chi connectivity index (χ1n) is 9.34. The van der Waals surface area contributed by atoms with E-state index in [9.17, 15) is 9.59 Å². The van der Waals surface area contributed by atoms with E-state index in [1.165, 1.54) is 7.11 Å². The lowest BCUT2D eigenvalue weighted by Gasteiger charge is -2.46. The van der Waals surface area contributed by atoms with Crippen LogP contribution >= 0.6 is 0 Å². The van der Waals surface area contributed by atoms with Crippen molar-refractivity contribution in [1.82, 2.24) is 20.0 Å². The van der Waals surface area contributed by atoms with Gasteiger partial charge in [-0.2, -0.15) is 0 Å². The molecule has 7 nitrogen and oxygen atoms in total. The van der Waals surface area contributed by atoms with Crippen molar-refractivity contribution in [2.45, 2.75) is 38.3 Å². The molecule has 0 aromatic heterocycles. The third-order valence-electron chi connectivity index (χ3n) is 5.68. The van der Waals surface area contributed by atoms with Gasteiger partial charge in [0.15, 0.2) is 0 Å². The Bertz CT molecular complexity index is 450. The molecule has 0 aliphatic carbocycles. The Morgan fingerprint density at radius 3 is 2.40 bits per heavy atom. The first-order chi connectivity index (χ1) is 11.9. The zero-order valence-electron chi connectivity index (χ0n) is 16.2. The molecule has 1 N–H and O–H groups in total. The van der Waals surface area contributed by atoms with Gasteiger partial charge in [0.05, 0.1) is 0 Å². The summed E-state index contributed by atoms with van der Waals surface area (Å²) in [6.45, 7) is 6.34. The summed E-state index contributed by atoms with van der Waals surface area (Å²) in [5.74, 6) is 0.610. The molecular formula is C18H34N4O3. The average molecular weight is 354 g/mol. The van der Waals surface area contributed by atoms with Gasteiger partial charge in [0, 0.05) is 52.3 Å². The minimum absolute atomic E-state index is 0.0426. The van der Waals surface area contributed by atoms with Gasteiger partial charge in [0.1, 0.15) is 6.61 Å². The van der Waals surface area contributed by atoms with E-state index in [2.05, 4.69) is 29.2 Å². The number of hydrogen-bond acceptors (Lipinski definition) is 5. The highest BCUT2D eigenvalue weighted by molar-refractivity contribution is 5.77. The van der Waals surface area contributed by atoms with Crippen LogP contribution in [0.4, 0.5) is 0 Å². The van der Waals surface area contributed by atoms with Crippen LogP contribution in [0.3, 0.4) is 0 Å². The van der Waals surface area contributed by atoms with E-state index in [-0.39, 0.29) is 18.4 Å². The van der Waals surface area contributed by atoms with Crippen LogP contribution in [0.15, 0.2) is 0 Å². The van der Waals surface area contributed by atoms with E-state index >= 15 is 0 Å². The molecule has 7 heteroatoms. The zero-order chi connectivity index (χ0) is 18.4. The van der Waals surface area contributed by atoms with Crippen molar-refractivity contribution in [3.05, 3.63) is 0 Å². The number of likely N-dealkylation sites (N-methyl/N-ethyl adjacent to an activating group) is 1. The highest BCUT2D eigenvalue weighted by Crippen LogP contribution is 2.26. The van der Waals surface area contributed by atoms with Crippen molar-refractivity contribution in [3.8, 4) is 0 Å². The Balaban J connectivity index is 1.86. The molecule has 2 heterocycles. The van der Waals surface area contributed by atoms with Crippen LogP contribution in [-0.4, -0.2) is 99.1 Å². The summed E-state index contributed by atoms with van der Waals surface area (Å²) in [7, 11) is 5.78. The van der Waals surface area contributed by atoms with Crippen LogP contribution in [0.1, 0.15) is 26.2 Å². The van der Waals surface area contributed by atoms with Gasteiger partial charge in [-0.25, -0.2) is 0 Å². The molecule has 0 radical (unpaired) electrons. The van der Waals surface area contributed by atoms with Crippen molar-refractivity contribution < 1.29 is 14.3 Å². The molecule has 0 bridgehead atoms. The molecule has 144 valence electrons. The van der Waals surface area contributed by atoms with Crippen LogP contribution in [-0.2, 0) is 14.3 Å². The summed E-state index contributed by atoms with van der Waals surface area (Å²) in [6, 6.07) is 1.00. The lowest BCUT2D eigenvalue weighted by atomic mass is 9.88. The molecule has 0 aromatic carbocycles. The first-order valence-corrected chi connectivity index (χ1v) is 9.34. The number of rotatable bonds is 6. The molecule has 2 aliphatic heterocycles. The van der Waals surface area contributed by atoms with Crippen molar-refractivity contribution in [3.63, 3.8) is 0 Å². The third-order valence-corrected chi connectivity index (χ3v) is 5.68. The summed E-state index contributed by atoms with van der Waals surface area (Å²) < 4.78 is 4.88. The summed E-state index contributed by atoms with van der Waals surface area (Å²) >= 11 is 0. The molecule has 2 atom stereocenters. The maximum atomic E-state index is 11.7. The van der Waals surface area contributed by atoms with Crippen LogP contribution in [0.5, 0.6) is 0 Å². The van der Waals surface area contributed by atoms with Crippen LogP contribution < -0.4 is 5.32 Å². The maximum absolute atomic E-state index is 11.7. The van der Waals surface area contributed by atoms with Gasteiger partial charge in [0.25, 0.3) is 0 Å². The molecule has 0 spiro atoms. The van der Waals surface area contributed by atoms with Crippen molar-refractivity contribution in [2.75, 3.05) is 60.5 Å². The molecule has 2 fully saturated rings. The fraction of sp³-hybridized carbons (Fsp3) is 0.889. The van der Waals surface area contributed by atoms with Gasteiger partial charge >= 0.3 is 0 Å². The molecule has 2 rings (SSSR count). The van der Waals surface area contributed by atoms with E-state index in [1.54, 1.807) is 6.92 Å². The monoisotopic (exact) mass is 354 g/mol. The summed E-state index contributed by atoms with van der Waals surface area (Å²) in [4.78, 5) is 30.0. The predicted molar refractivity (Wildman–Crippen MR) is 97.3 cm³/mol. The Morgan fingerprint density at radius 2 is 1.84 bits per heavy atom. The molecule has 0 saturated carbocycles. The van der Waals surface area contributed by atoms with Crippen molar-refractivity contribution in [1.29, 1.82) is 0 Å². The van der Waals surface area contributed by atoms with Gasteiger partial charge in [-0.1, -0.05) is 0 Å². The zero-order valence-corrected chi connectivity index (χ0v) is 16.2. The van der Waals surface area contributed by atoms with Crippen molar-refractivity contribution >= 4 is 11.8 Å². The number of methoxy groups -OCH3 is 1. The van der Waals surface area contributed by atoms with Crippen LogP contribution in [0.2, 0.25) is 0 Å². The number of nitrogens with zero attached hydrogens (tertiary/aromatic N) is 3. The van der Waals surface area contributed by atoms with E-state index in [0.717, 1.165) is 45.4 Å². The maximum Gasteiger partial charge on any atom is 0.245 e. The molecule has 0 unspecified atom stereocenters. The lowest BCUT2D eigenvalue weighted by molar-refractivity contribution is -0.130. The summed E-state index contributed by atoms with van der Waals surface area (Å²) in [6.07, 6.45) is 3.22. The van der Waals surface area contributed by atoms with E-state index in [1.807, 2.05) is 4.90 Å². The second-order valence-electron chi connectivity index (χ2n) is 7.55. The normalized spacial score (nSPS) is 26.0. The second kappa shape index (κ2) is 9.50. The standard InChI is InChI=1S/C18H34N4O3/c1-14(23)21-9-6-16(7-10-21)22-8-5-15(17(12-22)20(2)3)11-19-18(24)13-25-4/h15-17H,5-13H2,1-4H3,(H,19,24)/t15-,17-/m1/s1. The molecule has 0 aromatic rings. The van der Waals surface area contributed by atoms with Crippen LogP contribution in [0, 0.1) is 5.92 Å². The number of ether oxygens (including phenoxy) is 1. The smallest absolute Gasteiger partial charge is 0.245 e. The van der Waals surface area contributed by atoms with Crippen molar-refractivity contribution in [2.24, 2.45) is 5.92 Å². The lowest BCUT2D eigenvalue weighted by Crippen LogP contribution is -2.57. The Labute approximate surface area is 151 Å². The number of nitrogens with one attached hydrogen (secondary N) is 1. The molecule has 2 aliphatic rings. The van der Waals surface area contributed by atoms with Gasteiger partial charge < -0.3 is 19.9 Å². The fourth-order valence-electron chi connectivity index (χ4n) is 4.13. The number of carbonyl (C=O) groups excluding carboxylic acids is 2. The summed E-state index contributed by atoms with van der Waals surface area (Å²) in [5.41, 5.74) is 0. The fourth-order valence-corrected chi connectivity index (χ4v) is 4.13. The number of hydrogen-bond donors (Lipinski definition) is 1. The number of likely N-dealkylation sites (tertiary alicyclic amines) is 2. The highest BCUT2D eigenvalue weighted by atomic mass is 16.5. The molecule has 25 heavy (non-hydrogen) atoms. The van der Waals surface area contributed by atoms with Gasteiger partial charge in [-0.3, -0.25) is 14.5 Å². The minimum Gasteiger partial charge on any atom is -0.375 e. The Morgan fingerprint density at radius 1 is 1.16 bits per heavy atom. The predicted octanol–water partition coefficient (Wildman–Crippen LogP) is 0.0120. The van der Waals surface area contributed by atoms with Gasteiger partial charge in [-0.05, 0) is 45.8 Å². The third kappa shape index (κ3) is 5.66. The Kier molecular flexibility index (Phi) is 7.65. The van der Waals surface area contributed by atoms with Crippen LogP contribution in [0.25, 0.3) is 0 Å². The van der Waals surface area contributed by atoms with E-state index < -0.39 is 0 Å². The number of piperidine rings is 2. The quantitative estimate of drug-likeness (QED) is 0.728. The van der Waals surface area contributed by atoms with Gasteiger partial charge in [-0.15, -0.1) is 0 Å².